The molecule has 6 heteroatoms. The molecule has 0 heterocycles. The van der Waals surface area contributed by atoms with Gasteiger partial charge in [-0.25, -0.2) is 8.42 Å². The highest BCUT2D eigenvalue weighted by atomic mass is 79.9. The fourth-order valence-electron chi connectivity index (χ4n) is 1.63. The Hall–Kier alpha value is -0.690. The molecule has 1 aromatic rings. The molecule has 0 atom stereocenters. The van der Waals surface area contributed by atoms with Gasteiger partial charge in [0, 0.05) is 24.1 Å². The van der Waals surface area contributed by atoms with E-state index in [-0.39, 0.29) is 12.4 Å². The monoisotopic (exact) mass is 347 g/mol. The van der Waals surface area contributed by atoms with Crippen molar-refractivity contribution < 1.29 is 13.5 Å². The van der Waals surface area contributed by atoms with Gasteiger partial charge < -0.3 is 5.11 Å². The third-order valence-corrected chi connectivity index (χ3v) is 4.89. The molecule has 0 saturated carbocycles. The van der Waals surface area contributed by atoms with E-state index in [1.54, 1.807) is 30.3 Å². The highest BCUT2D eigenvalue weighted by molar-refractivity contribution is 9.10. The minimum absolute atomic E-state index is 0.00612. The Morgan fingerprint density at radius 2 is 1.89 bits per heavy atom. The van der Waals surface area contributed by atoms with E-state index in [0.717, 1.165) is 4.47 Å². The summed E-state index contributed by atoms with van der Waals surface area (Å²) in [4.78, 5) is 2.17. The summed E-state index contributed by atoms with van der Waals surface area (Å²) in [6.07, 6.45) is 1.70. The first-order chi connectivity index (χ1) is 8.99. The predicted molar refractivity (Wildman–Crippen MR) is 79.9 cm³/mol. The molecule has 0 aliphatic carbocycles. The number of rotatable bonds is 8. The third-order valence-electron chi connectivity index (χ3n) is 2.65. The lowest BCUT2D eigenvalue weighted by atomic mass is 10.4. The lowest BCUT2D eigenvalue weighted by molar-refractivity contribution is 0.215. The van der Waals surface area contributed by atoms with Gasteiger partial charge in [-0.3, -0.25) is 4.90 Å². The SMILES string of the molecule is C=CCN(CCO)CCS(=O)(=O)c1ccc(Br)cc1. The molecule has 0 amide bonds. The van der Waals surface area contributed by atoms with Crippen molar-refractivity contribution in [2.45, 2.75) is 4.90 Å². The van der Waals surface area contributed by atoms with E-state index in [1.165, 1.54) is 0 Å². The second-order valence-corrected chi connectivity index (χ2v) is 7.11. The lowest BCUT2D eigenvalue weighted by Gasteiger charge is -2.19. The average Bonchev–Trinajstić information content (AvgIpc) is 2.37. The summed E-state index contributed by atoms with van der Waals surface area (Å²) in [5, 5.41) is 8.91. The Kier molecular flexibility index (Phi) is 6.71. The first-order valence-electron chi connectivity index (χ1n) is 5.92. The molecule has 1 rings (SSSR count). The van der Waals surface area contributed by atoms with Crippen molar-refractivity contribution in [1.82, 2.24) is 4.90 Å². The summed E-state index contributed by atoms with van der Waals surface area (Å²) in [7, 11) is -3.29. The molecule has 0 aromatic heterocycles. The van der Waals surface area contributed by atoms with Crippen molar-refractivity contribution in [3.8, 4) is 0 Å². The number of nitrogens with zero attached hydrogens (tertiary/aromatic N) is 1. The minimum atomic E-state index is -3.29. The van der Waals surface area contributed by atoms with Crippen LogP contribution in [0.4, 0.5) is 0 Å². The molecular weight excluding hydrogens is 330 g/mol. The second-order valence-electron chi connectivity index (χ2n) is 4.09. The number of hydrogen-bond donors (Lipinski definition) is 1. The van der Waals surface area contributed by atoms with E-state index in [0.29, 0.717) is 24.5 Å². The van der Waals surface area contributed by atoms with Gasteiger partial charge in [-0.15, -0.1) is 6.58 Å². The number of aliphatic hydroxyl groups excluding tert-OH is 1. The van der Waals surface area contributed by atoms with Gasteiger partial charge in [-0.1, -0.05) is 22.0 Å². The molecule has 0 spiro atoms. The number of benzene rings is 1. The molecule has 19 heavy (non-hydrogen) atoms. The van der Waals surface area contributed by atoms with E-state index in [4.69, 9.17) is 5.11 Å². The first kappa shape index (κ1) is 16.4. The normalized spacial score (nSPS) is 11.7. The van der Waals surface area contributed by atoms with Gasteiger partial charge >= 0.3 is 0 Å². The summed E-state index contributed by atoms with van der Waals surface area (Å²) in [6.45, 7) is 5.02. The first-order valence-corrected chi connectivity index (χ1v) is 8.36. The summed E-state index contributed by atoms with van der Waals surface area (Å²) >= 11 is 3.27. The zero-order chi connectivity index (χ0) is 14.3. The number of sulfone groups is 1. The van der Waals surface area contributed by atoms with Crippen LogP contribution >= 0.6 is 15.9 Å². The smallest absolute Gasteiger partial charge is 0.179 e. The minimum Gasteiger partial charge on any atom is -0.395 e. The molecule has 1 N–H and O–H groups in total. The van der Waals surface area contributed by atoms with E-state index in [2.05, 4.69) is 22.5 Å². The number of halogens is 1. The summed E-state index contributed by atoms with van der Waals surface area (Å²) in [5.74, 6) is 0.0302. The van der Waals surface area contributed by atoms with Crippen LogP contribution in [0.1, 0.15) is 0 Å². The molecule has 106 valence electrons. The molecule has 0 radical (unpaired) electrons. The summed E-state index contributed by atoms with van der Waals surface area (Å²) in [5.41, 5.74) is 0. The average molecular weight is 348 g/mol. The van der Waals surface area contributed by atoms with E-state index in [9.17, 15) is 8.42 Å². The topological polar surface area (TPSA) is 57.6 Å². The van der Waals surface area contributed by atoms with Crippen LogP contribution in [-0.2, 0) is 9.84 Å². The van der Waals surface area contributed by atoms with Gasteiger partial charge in [-0.2, -0.15) is 0 Å². The third kappa shape index (κ3) is 5.44. The second kappa shape index (κ2) is 7.79. The van der Waals surface area contributed by atoms with Crippen LogP contribution in [0.25, 0.3) is 0 Å². The van der Waals surface area contributed by atoms with Crippen LogP contribution in [0.2, 0.25) is 0 Å². The Labute approximate surface area is 122 Å². The lowest BCUT2D eigenvalue weighted by Crippen LogP contribution is -2.32. The van der Waals surface area contributed by atoms with Gasteiger partial charge in [0.15, 0.2) is 9.84 Å². The zero-order valence-electron chi connectivity index (χ0n) is 10.6. The maximum absolute atomic E-state index is 12.1. The van der Waals surface area contributed by atoms with Crippen molar-refractivity contribution in [2.75, 3.05) is 32.0 Å². The molecule has 0 saturated heterocycles. The van der Waals surface area contributed by atoms with Gasteiger partial charge in [-0.05, 0) is 24.3 Å². The summed E-state index contributed by atoms with van der Waals surface area (Å²) < 4.78 is 25.1. The van der Waals surface area contributed by atoms with Crippen molar-refractivity contribution in [2.24, 2.45) is 0 Å². The predicted octanol–water partition coefficient (Wildman–Crippen LogP) is 1.70. The largest absolute Gasteiger partial charge is 0.395 e. The molecule has 0 bridgehead atoms. The van der Waals surface area contributed by atoms with E-state index < -0.39 is 9.84 Å². The standard InChI is InChI=1S/C13H18BrNO3S/c1-2-7-15(8-10-16)9-11-19(17,18)13-5-3-12(14)4-6-13/h2-6,16H,1,7-11H2. The Morgan fingerprint density at radius 3 is 2.42 bits per heavy atom. The van der Waals surface area contributed by atoms with Crippen molar-refractivity contribution >= 4 is 25.8 Å². The zero-order valence-corrected chi connectivity index (χ0v) is 13.0. The van der Waals surface area contributed by atoms with Crippen LogP contribution in [-0.4, -0.2) is 50.4 Å². The van der Waals surface area contributed by atoms with Crippen LogP contribution < -0.4 is 0 Å². The maximum Gasteiger partial charge on any atom is 0.179 e. The maximum atomic E-state index is 12.1. The van der Waals surface area contributed by atoms with Gasteiger partial charge in [0.25, 0.3) is 0 Å². The van der Waals surface area contributed by atoms with Gasteiger partial charge in [0.2, 0.25) is 0 Å². The number of aliphatic hydroxyl groups is 1. The van der Waals surface area contributed by atoms with Gasteiger partial charge in [0.1, 0.15) is 0 Å². The Bertz CT molecular complexity index is 499. The molecule has 0 fully saturated rings. The molecule has 0 aliphatic heterocycles. The highest BCUT2D eigenvalue weighted by Gasteiger charge is 2.15. The molecule has 4 nitrogen and oxygen atoms in total. The van der Waals surface area contributed by atoms with Crippen molar-refractivity contribution in [3.63, 3.8) is 0 Å². The quantitative estimate of drug-likeness (QED) is 0.727. The number of hydrogen-bond acceptors (Lipinski definition) is 4. The molecule has 0 unspecified atom stereocenters. The van der Waals surface area contributed by atoms with E-state index in [1.807, 2.05) is 4.90 Å². The Balaban J connectivity index is 2.68. The van der Waals surface area contributed by atoms with Crippen LogP contribution in [0.5, 0.6) is 0 Å². The van der Waals surface area contributed by atoms with Crippen LogP contribution in [0, 0.1) is 0 Å². The molecule has 1 aromatic carbocycles. The fourth-order valence-corrected chi connectivity index (χ4v) is 3.18. The fraction of sp³-hybridized carbons (Fsp3) is 0.385. The molecule has 0 aliphatic rings. The van der Waals surface area contributed by atoms with Crippen molar-refractivity contribution in [3.05, 3.63) is 41.4 Å². The van der Waals surface area contributed by atoms with Gasteiger partial charge in [0.05, 0.1) is 17.3 Å². The van der Waals surface area contributed by atoms with E-state index >= 15 is 0 Å². The van der Waals surface area contributed by atoms with Crippen molar-refractivity contribution in [1.29, 1.82) is 0 Å². The molecular formula is C13H18BrNO3S. The highest BCUT2D eigenvalue weighted by Crippen LogP contribution is 2.16. The Morgan fingerprint density at radius 1 is 1.26 bits per heavy atom. The van der Waals surface area contributed by atoms with Crippen LogP contribution in [0.3, 0.4) is 0 Å². The summed E-state index contributed by atoms with van der Waals surface area (Å²) in [6, 6.07) is 6.59. The van der Waals surface area contributed by atoms with Crippen LogP contribution in [0.15, 0.2) is 46.3 Å².